The van der Waals surface area contributed by atoms with Crippen LogP contribution in [-0.2, 0) is 0 Å². The lowest BCUT2D eigenvalue weighted by atomic mass is 9.94. The molecule has 0 aliphatic carbocycles. The number of aromatic nitrogens is 2. The number of aliphatic hydroxyl groups is 1. The quantitative estimate of drug-likeness (QED) is 0.901. The topological polar surface area (TPSA) is 58.4 Å². The number of hydrogen-bond acceptors (Lipinski definition) is 3. The molecule has 1 N–H and O–H groups in total. The number of carbonyl (C=O) groups is 1. The maximum atomic E-state index is 12.5. The second-order valence-corrected chi connectivity index (χ2v) is 6.85. The average molecular weight is 354 g/mol. The molecule has 0 spiro atoms. The van der Waals surface area contributed by atoms with Gasteiger partial charge in [-0.2, -0.15) is 5.10 Å². The normalized spacial score (nSPS) is 17.3. The molecule has 2 aromatic rings. The van der Waals surface area contributed by atoms with Crippen molar-refractivity contribution in [2.45, 2.75) is 25.4 Å². The van der Waals surface area contributed by atoms with Crippen molar-refractivity contribution in [3.05, 3.63) is 46.2 Å². The van der Waals surface area contributed by atoms with Crippen molar-refractivity contribution in [1.82, 2.24) is 14.7 Å². The summed E-state index contributed by atoms with van der Waals surface area (Å²) in [6, 6.07) is 6.85. The van der Waals surface area contributed by atoms with Crippen LogP contribution in [0.2, 0.25) is 10.0 Å². The molecule has 0 atom stereocenters. The zero-order chi connectivity index (χ0) is 16.6. The molecule has 1 aromatic heterocycles. The van der Waals surface area contributed by atoms with E-state index in [0.717, 1.165) is 5.69 Å². The smallest absolute Gasteiger partial charge is 0.274 e. The number of amides is 1. The molecule has 1 fully saturated rings. The van der Waals surface area contributed by atoms with Gasteiger partial charge < -0.3 is 10.0 Å². The van der Waals surface area contributed by atoms with Crippen LogP contribution in [0.1, 0.15) is 30.3 Å². The second kappa shape index (κ2) is 6.15. The third kappa shape index (κ3) is 3.52. The first-order chi connectivity index (χ1) is 10.9. The van der Waals surface area contributed by atoms with E-state index in [1.165, 1.54) is 0 Å². The lowest BCUT2D eigenvalue weighted by molar-refractivity contribution is -0.00220. The highest BCUT2D eigenvalue weighted by atomic mass is 35.5. The average Bonchev–Trinajstić information content (AvgIpc) is 2.99. The molecule has 1 amide bonds. The van der Waals surface area contributed by atoms with Crippen LogP contribution in [0, 0.1) is 0 Å². The summed E-state index contributed by atoms with van der Waals surface area (Å²) in [7, 11) is 0. The third-order valence-electron chi connectivity index (χ3n) is 4.10. The number of carbonyl (C=O) groups excluding carboxylic acids is 1. The molecule has 1 aromatic carbocycles. The molecule has 0 unspecified atom stereocenters. The fraction of sp³-hybridized carbons (Fsp3) is 0.375. The van der Waals surface area contributed by atoms with Gasteiger partial charge in [0.2, 0.25) is 0 Å². The molecular formula is C16H17Cl2N3O2. The number of nitrogens with zero attached hydrogens (tertiary/aromatic N) is 3. The molecule has 5 nitrogen and oxygen atoms in total. The van der Waals surface area contributed by atoms with Gasteiger partial charge in [0, 0.05) is 19.3 Å². The summed E-state index contributed by atoms with van der Waals surface area (Å²) >= 11 is 11.9. The summed E-state index contributed by atoms with van der Waals surface area (Å²) in [5.41, 5.74) is 0.425. The molecule has 0 radical (unpaired) electrons. The Balaban J connectivity index is 1.76. The van der Waals surface area contributed by atoms with E-state index in [4.69, 9.17) is 23.2 Å². The first-order valence-electron chi connectivity index (χ1n) is 7.38. The minimum absolute atomic E-state index is 0.126. The van der Waals surface area contributed by atoms with Crippen molar-refractivity contribution in [1.29, 1.82) is 0 Å². The fourth-order valence-corrected chi connectivity index (χ4v) is 2.86. The summed E-state index contributed by atoms with van der Waals surface area (Å²) in [5, 5.41) is 15.2. The van der Waals surface area contributed by atoms with Crippen LogP contribution in [0.25, 0.3) is 5.69 Å². The van der Waals surface area contributed by atoms with Crippen molar-refractivity contribution in [3.63, 3.8) is 0 Å². The Bertz CT molecular complexity index is 733. The van der Waals surface area contributed by atoms with Gasteiger partial charge in [0.1, 0.15) is 0 Å². The number of rotatable bonds is 2. The van der Waals surface area contributed by atoms with Gasteiger partial charge in [-0.25, -0.2) is 4.68 Å². The zero-order valence-corrected chi connectivity index (χ0v) is 14.2. The van der Waals surface area contributed by atoms with Gasteiger partial charge >= 0.3 is 0 Å². The van der Waals surface area contributed by atoms with Crippen LogP contribution < -0.4 is 0 Å². The van der Waals surface area contributed by atoms with Crippen molar-refractivity contribution in [2.75, 3.05) is 13.1 Å². The first-order valence-corrected chi connectivity index (χ1v) is 8.14. The monoisotopic (exact) mass is 353 g/mol. The van der Waals surface area contributed by atoms with E-state index in [9.17, 15) is 9.90 Å². The Kier molecular flexibility index (Phi) is 4.36. The third-order valence-corrected chi connectivity index (χ3v) is 4.84. The van der Waals surface area contributed by atoms with E-state index in [-0.39, 0.29) is 5.91 Å². The van der Waals surface area contributed by atoms with Crippen molar-refractivity contribution in [2.24, 2.45) is 0 Å². The van der Waals surface area contributed by atoms with Gasteiger partial charge in [0.05, 0.1) is 21.3 Å². The molecule has 1 saturated heterocycles. The predicted octanol–water partition coefficient (Wildman–Crippen LogP) is 3.17. The van der Waals surface area contributed by atoms with Gasteiger partial charge in [-0.1, -0.05) is 23.2 Å². The number of likely N-dealkylation sites (tertiary alicyclic amines) is 1. The lowest BCUT2D eigenvalue weighted by Crippen LogP contribution is -2.45. The minimum Gasteiger partial charge on any atom is -0.390 e. The van der Waals surface area contributed by atoms with Crippen LogP contribution in [0.5, 0.6) is 0 Å². The number of halogens is 2. The molecular weight excluding hydrogens is 337 g/mol. The van der Waals surface area contributed by atoms with Gasteiger partial charge in [-0.3, -0.25) is 4.79 Å². The van der Waals surface area contributed by atoms with Crippen molar-refractivity contribution < 1.29 is 9.90 Å². The van der Waals surface area contributed by atoms with Crippen LogP contribution in [0.4, 0.5) is 0 Å². The maximum absolute atomic E-state index is 12.5. The van der Waals surface area contributed by atoms with Crippen LogP contribution in [0.3, 0.4) is 0 Å². The molecule has 1 aliphatic heterocycles. The maximum Gasteiger partial charge on any atom is 0.274 e. The van der Waals surface area contributed by atoms with Crippen LogP contribution in [0.15, 0.2) is 30.5 Å². The summed E-state index contributed by atoms with van der Waals surface area (Å²) in [4.78, 5) is 14.2. The van der Waals surface area contributed by atoms with Crippen LogP contribution >= 0.6 is 23.2 Å². The van der Waals surface area contributed by atoms with E-state index in [1.54, 1.807) is 47.0 Å². The fourth-order valence-electron chi connectivity index (χ4n) is 2.56. The van der Waals surface area contributed by atoms with E-state index < -0.39 is 5.60 Å². The summed E-state index contributed by atoms with van der Waals surface area (Å²) in [6.45, 7) is 2.87. The SMILES string of the molecule is CC1(O)CCN(C(=O)c2ccn(-c3ccc(Cl)c(Cl)c3)n2)CC1. The first kappa shape index (κ1) is 16.3. The highest BCUT2D eigenvalue weighted by Crippen LogP contribution is 2.25. The Morgan fingerprint density at radius 2 is 1.91 bits per heavy atom. The Morgan fingerprint density at radius 1 is 1.22 bits per heavy atom. The van der Waals surface area contributed by atoms with E-state index in [1.807, 2.05) is 0 Å². The Labute approximate surface area is 144 Å². The van der Waals surface area contributed by atoms with Crippen LogP contribution in [-0.4, -0.2) is 44.4 Å². The molecule has 0 bridgehead atoms. The Morgan fingerprint density at radius 3 is 2.57 bits per heavy atom. The molecule has 23 heavy (non-hydrogen) atoms. The molecule has 122 valence electrons. The van der Waals surface area contributed by atoms with E-state index in [2.05, 4.69) is 5.10 Å². The highest BCUT2D eigenvalue weighted by molar-refractivity contribution is 6.42. The molecule has 7 heteroatoms. The van der Waals surface area contributed by atoms with Crippen molar-refractivity contribution >= 4 is 29.1 Å². The Hall–Kier alpha value is -1.56. The van der Waals surface area contributed by atoms with Crippen molar-refractivity contribution in [3.8, 4) is 5.69 Å². The highest BCUT2D eigenvalue weighted by Gasteiger charge is 2.30. The molecule has 1 aliphatic rings. The standard InChI is InChI=1S/C16H17Cl2N3O2/c1-16(23)5-8-20(9-6-16)15(22)14-4-7-21(19-14)11-2-3-12(17)13(18)10-11/h2-4,7,10,23H,5-6,8-9H2,1H3. The summed E-state index contributed by atoms with van der Waals surface area (Å²) in [6.07, 6.45) is 2.87. The number of hydrogen-bond donors (Lipinski definition) is 1. The zero-order valence-electron chi connectivity index (χ0n) is 12.7. The van der Waals surface area contributed by atoms with Gasteiger partial charge in [-0.05, 0) is 44.0 Å². The van der Waals surface area contributed by atoms with E-state index >= 15 is 0 Å². The number of piperidine rings is 1. The molecule has 0 saturated carbocycles. The largest absolute Gasteiger partial charge is 0.390 e. The predicted molar refractivity (Wildman–Crippen MR) is 89.3 cm³/mol. The van der Waals surface area contributed by atoms with Gasteiger partial charge in [0.15, 0.2) is 5.69 Å². The summed E-state index contributed by atoms with van der Waals surface area (Å²) < 4.78 is 1.59. The summed E-state index contributed by atoms with van der Waals surface area (Å²) in [5.74, 6) is -0.126. The van der Waals surface area contributed by atoms with E-state index in [0.29, 0.717) is 41.7 Å². The molecule has 2 heterocycles. The molecule has 3 rings (SSSR count). The lowest BCUT2D eigenvalue weighted by Gasteiger charge is -2.35. The second-order valence-electron chi connectivity index (χ2n) is 6.03. The van der Waals surface area contributed by atoms with Gasteiger partial charge in [-0.15, -0.1) is 0 Å². The minimum atomic E-state index is -0.684. The number of benzene rings is 1. The van der Waals surface area contributed by atoms with Gasteiger partial charge in [0.25, 0.3) is 5.91 Å².